The summed E-state index contributed by atoms with van der Waals surface area (Å²) in [5.41, 5.74) is 0. The third kappa shape index (κ3) is 84.0. The van der Waals surface area contributed by atoms with E-state index in [4.69, 9.17) is 0 Å². The molecule has 1 nitrogen and oxygen atoms in total. The molecular weight excluding hydrogens is 151 g/mol. The van der Waals surface area contributed by atoms with Crippen LogP contribution in [-0.4, -0.2) is 56.3 Å². The number of rotatable bonds is 0. The minimum Gasteiger partial charge on any atom is -0.471 e. The Morgan fingerprint density at radius 2 is 1.57 bits per heavy atom. The zero-order chi connectivity index (χ0) is 5.41. The first kappa shape index (κ1) is 15.9. The molecule has 0 aromatic rings. The Morgan fingerprint density at radius 3 is 1.57 bits per heavy atom. The molecule has 42 valence electrons. The van der Waals surface area contributed by atoms with Gasteiger partial charge in [0, 0.05) is 0 Å². The van der Waals surface area contributed by atoms with Gasteiger partial charge in [0.25, 0.3) is 0 Å². The first-order chi connectivity index (χ1) is 2.83. The van der Waals surface area contributed by atoms with Gasteiger partial charge in [-0.1, -0.05) is 6.92 Å². The molecule has 0 aliphatic heterocycles. The first-order valence-electron chi connectivity index (χ1n) is 1.84. The average Bonchev–Trinajstić information content (AvgIpc) is 1.39. The zero-order valence-corrected chi connectivity index (χ0v) is 9.46. The van der Waals surface area contributed by atoms with Crippen molar-refractivity contribution in [3.05, 3.63) is 0 Å². The van der Waals surface area contributed by atoms with Crippen molar-refractivity contribution >= 4 is 63.2 Å². The SMILES string of the molecule is CCS.[NaH].[SiH3]O[SiH3]. The van der Waals surface area contributed by atoms with Gasteiger partial charge in [-0.05, 0) is 5.75 Å². The third-order valence-corrected chi connectivity index (χ3v) is 0. The van der Waals surface area contributed by atoms with Crippen molar-refractivity contribution in [1.29, 1.82) is 0 Å². The van der Waals surface area contributed by atoms with E-state index in [1.165, 1.54) is 0 Å². The molecule has 0 spiro atoms. The van der Waals surface area contributed by atoms with Gasteiger partial charge < -0.3 is 4.12 Å². The zero-order valence-electron chi connectivity index (χ0n) is 4.56. The minimum atomic E-state index is 0. The summed E-state index contributed by atoms with van der Waals surface area (Å²) in [5, 5.41) is 0. The molecule has 0 aromatic heterocycles. The Kier molecular flexibility index (Phi) is 57.0. The Balaban J connectivity index is -0.0000000400. The number of hydrogen-bond donors (Lipinski definition) is 1. The average molecular weight is 164 g/mol. The van der Waals surface area contributed by atoms with Gasteiger partial charge in [0.1, 0.15) is 21.0 Å². The monoisotopic (exact) mass is 164 g/mol. The maximum atomic E-state index is 4.53. The van der Waals surface area contributed by atoms with Crippen LogP contribution in [0, 0.1) is 0 Å². The fourth-order valence-electron chi connectivity index (χ4n) is 0. The van der Waals surface area contributed by atoms with Gasteiger partial charge in [0.15, 0.2) is 0 Å². The molecule has 0 aliphatic rings. The summed E-state index contributed by atoms with van der Waals surface area (Å²) in [6.45, 7) is 1.99. The van der Waals surface area contributed by atoms with Crippen LogP contribution in [0.5, 0.6) is 0 Å². The van der Waals surface area contributed by atoms with E-state index >= 15 is 0 Å². The van der Waals surface area contributed by atoms with Crippen molar-refractivity contribution in [3.8, 4) is 0 Å². The van der Waals surface area contributed by atoms with Crippen LogP contribution in [0.2, 0.25) is 0 Å². The second-order valence-electron chi connectivity index (χ2n) is 0.724. The molecule has 0 saturated carbocycles. The third-order valence-electron chi connectivity index (χ3n) is 0. The van der Waals surface area contributed by atoms with Gasteiger partial charge in [0.2, 0.25) is 0 Å². The molecule has 0 fully saturated rings. The maximum Gasteiger partial charge on any atom is 0.129 e. The van der Waals surface area contributed by atoms with Gasteiger partial charge in [-0.2, -0.15) is 12.6 Å². The molecule has 0 atom stereocenters. The summed E-state index contributed by atoms with van der Waals surface area (Å²) in [4.78, 5) is 0. The molecule has 0 bridgehead atoms. The molecule has 7 heavy (non-hydrogen) atoms. The Hall–Kier alpha value is 1.74. The summed E-state index contributed by atoms with van der Waals surface area (Å²) in [7, 11) is 1.86. The van der Waals surface area contributed by atoms with Crippen molar-refractivity contribution < 1.29 is 4.12 Å². The normalized spacial score (nSPS) is 6.00. The number of hydrogen-bond acceptors (Lipinski definition) is 2. The van der Waals surface area contributed by atoms with Gasteiger partial charge in [-0.3, -0.25) is 0 Å². The number of thiol groups is 1. The smallest absolute Gasteiger partial charge is 0.129 e. The molecule has 0 unspecified atom stereocenters. The van der Waals surface area contributed by atoms with Crippen LogP contribution in [-0.2, 0) is 4.12 Å². The van der Waals surface area contributed by atoms with Gasteiger partial charge >= 0.3 is 29.6 Å². The van der Waals surface area contributed by atoms with Crippen LogP contribution in [0.4, 0.5) is 0 Å². The Bertz CT molecular complexity index is 17.7. The Labute approximate surface area is 79.4 Å². The van der Waals surface area contributed by atoms with Gasteiger partial charge in [-0.25, -0.2) is 0 Å². The second-order valence-corrected chi connectivity index (χ2v) is 4.62. The predicted molar refractivity (Wildman–Crippen MR) is 47.6 cm³/mol. The van der Waals surface area contributed by atoms with E-state index in [2.05, 4.69) is 16.7 Å². The van der Waals surface area contributed by atoms with Crippen molar-refractivity contribution in [2.24, 2.45) is 0 Å². The molecule has 0 radical (unpaired) electrons. The molecule has 0 N–H and O–H groups in total. The quantitative estimate of drug-likeness (QED) is 0.317. The Morgan fingerprint density at radius 1 is 1.57 bits per heavy atom. The molecule has 5 heteroatoms. The predicted octanol–water partition coefficient (Wildman–Crippen LogP) is -2.15. The molecular formula is C2H13NaOSSi2. The minimum absolute atomic E-state index is 0. The van der Waals surface area contributed by atoms with Crippen molar-refractivity contribution in [1.82, 2.24) is 0 Å². The van der Waals surface area contributed by atoms with Crippen molar-refractivity contribution in [2.75, 3.05) is 5.75 Å². The van der Waals surface area contributed by atoms with E-state index in [0.29, 0.717) is 0 Å². The fourth-order valence-corrected chi connectivity index (χ4v) is 0. The molecule has 0 rings (SSSR count). The fraction of sp³-hybridized carbons (Fsp3) is 1.00. The van der Waals surface area contributed by atoms with Crippen LogP contribution < -0.4 is 0 Å². The topological polar surface area (TPSA) is 9.23 Å². The van der Waals surface area contributed by atoms with Crippen LogP contribution in [0.1, 0.15) is 6.92 Å². The van der Waals surface area contributed by atoms with E-state index in [9.17, 15) is 0 Å². The van der Waals surface area contributed by atoms with E-state index in [1.807, 2.05) is 6.92 Å². The second kappa shape index (κ2) is 25.1. The largest absolute Gasteiger partial charge is 0.471 e. The summed E-state index contributed by atoms with van der Waals surface area (Å²) in [6.07, 6.45) is 0. The van der Waals surface area contributed by atoms with Crippen LogP contribution in [0.25, 0.3) is 0 Å². The van der Waals surface area contributed by atoms with Gasteiger partial charge in [0.05, 0.1) is 0 Å². The summed E-state index contributed by atoms with van der Waals surface area (Å²) < 4.78 is 4.53. The molecule has 0 aromatic carbocycles. The van der Waals surface area contributed by atoms with E-state index in [-0.39, 0.29) is 29.6 Å². The van der Waals surface area contributed by atoms with Crippen LogP contribution >= 0.6 is 12.6 Å². The van der Waals surface area contributed by atoms with Crippen LogP contribution in [0.3, 0.4) is 0 Å². The summed E-state index contributed by atoms with van der Waals surface area (Å²) in [6, 6.07) is 0. The van der Waals surface area contributed by atoms with E-state index in [1.54, 1.807) is 0 Å². The molecule has 0 aliphatic carbocycles. The molecule has 0 heterocycles. The summed E-state index contributed by atoms with van der Waals surface area (Å²) in [5.74, 6) is 0.944. The maximum absolute atomic E-state index is 4.53. The van der Waals surface area contributed by atoms with E-state index < -0.39 is 0 Å². The molecule has 0 amide bonds. The molecule has 0 saturated heterocycles. The van der Waals surface area contributed by atoms with E-state index in [0.717, 1.165) is 26.7 Å². The standard InChI is InChI=1S/C2H6S.Na.H6OSi2.H/c1-2-3;;2-1-3;/h3H,2H2,1H3;;2-3H3;. The summed E-state index contributed by atoms with van der Waals surface area (Å²) >= 11 is 3.79. The van der Waals surface area contributed by atoms with Crippen molar-refractivity contribution in [3.63, 3.8) is 0 Å². The van der Waals surface area contributed by atoms with Crippen molar-refractivity contribution in [2.45, 2.75) is 6.92 Å². The first-order valence-corrected chi connectivity index (χ1v) is 4.11. The van der Waals surface area contributed by atoms with Gasteiger partial charge in [-0.15, -0.1) is 0 Å². The van der Waals surface area contributed by atoms with Crippen LogP contribution in [0.15, 0.2) is 0 Å².